The van der Waals surface area contributed by atoms with Crippen LogP contribution in [0.25, 0.3) is 93.2 Å². The second kappa shape index (κ2) is 10.7. The Kier molecular flexibility index (Phi) is 5.96. The van der Waals surface area contributed by atoms with Crippen molar-refractivity contribution in [3.8, 4) is 39.1 Å². The van der Waals surface area contributed by atoms with Crippen molar-refractivity contribution < 1.29 is 0 Å². The SMILES string of the molecule is c1ccc2c(c1)Sc1ccc(-c3ccccc3-c3ccc(-n4c5ccc6ccccc6c5c5c6ccccc6ccc54)cc3)c3cccc-2c13. The molecule has 0 fully saturated rings. The van der Waals surface area contributed by atoms with Gasteiger partial charge in [-0.3, -0.25) is 0 Å². The third-order valence-electron chi connectivity index (χ3n) is 10.6. The number of fused-ring (bicyclic) bond motifs is 9. The molecule has 2 heterocycles. The molecule has 0 amide bonds. The third-order valence-corrected chi connectivity index (χ3v) is 11.7. The topological polar surface area (TPSA) is 4.93 Å². The fourth-order valence-corrected chi connectivity index (χ4v) is 9.53. The van der Waals surface area contributed by atoms with Crippen LogP contribution in [0.4, 0.5) is 0 Å². The second-order valence-corrected chi connectivity index (χ2v) is 14.3. The Hall–Kier alpha value is -6.09. The van der Waals surface area contributed by atoms with Crippen molar-refractivity contribution in [2.24, 2.45) is 0 Å². The summed E-state index contributed by atoms with van der Waals surface area (Å²) < 4.78 is 2.45. The molecule has 9 aromatic carbocycles. The van der Waals surface area contributed by atoms with Gasteiger partial charge in [0.2, 0.25) is 0 Å². The Morgan fingerprint density at radius 2 is 0.900 bits per heavy atom. The number of hydrogen-bond donors (Lipinski definition) is 0. The lowest BCUT2D eigenvalue weighted by molar-refractivity contribution is 1.18. The van der Waals surface area contributed by atoms with Gasteiger partial charge < -0.3 is 4.57 Å². The zero-order chi connectivity index (χ0) is 32.8. The standard InChI is InChI=1S/C48H29NS/c1-3-13-35-30(10-1)22-27-42-47(35)48-36-14-4-2-11-31(36)23-28-43(48)49(42)33-24-20-32(21-25-33)34-12-5-6-15-37(34)38-26-29-45-46-40(38)17-9-18-41(46)39-16-7-8-19-44(39)50-45/h1-29H. The van der Waals surface area contributed by atoms with Gasteiger partial charge in [-0.1, -0.05) is 151 Å². The molecule has 0 spiro atoms. The lowest BCUT2D eigenvalue weighted by atomic mass is 9.89. The van der Waals surface area contributed by atoms with E-state index in [-0.39, 0.29) is 0 Å². The van der Waals surface area contributed by atoms with Crippen LogP contribution in [0, 0.1) is 0 Å². The van der Waals surface area contributed by atoms with Crippen molar-refractivity contribution in [1.82, 2.24) is 4.57 Å². The Morgan fingerprint density at radius 3 is 1.62 bits per heavy atom. The Bertz CT molecular complexity index is 2910. The third kappa shape index (κ3) is 3.97. The van der Waals surface area contributed by atoms with E-state index in [2.05, 4.69) is 180 Å². The first-order valence-electron chi connectivity index (χ1n) is 17.2. The highest BCUT2D eigenvalue weighted by atomic mass is 32.2. The van der Waals surface area contributed by atoms with Crippen molar-refractivity contribution in [2.75, 3.05) is 0 Å². The maximum Gasteiger partial charge on any atom is 0.0547 e. The normalized spacial score (nSPS) is 12.3. The van der Waals surface area contributed by atoms with Crippen LogP contribution in [0.15, 0.2) is 186 Å². The molecule has 0 N–H and O–H groups in total. The summed E-state index contributed by atoms with van der Waals surface area (Å²) in [4.78, 5) is 2.65. The van der Waals surface area contributed by atoms with Crippen LogP contribution < -0.4 is 0 Å². The van der Waals surface area contributed by atoms with Gasteiger partial charge in [-0.05, 0) is 96.7 Å². The molecule has 0 bridgehead atoms. The van der Waals surface area contributed by atoms with Crippen molar-refractivity contribution >= 4 is 65.9 Å². The molecule has 1 aliphatic heterocycles. The van der Waals surface area contributed by atoms with Crippen molar-refractivity contribution in [3.63, 3.8) is 0 Å². The van der Waals surface area contributed by atoms with Crippen LogP contribution in [0.1, 0.15) is 0 Å². The fraction of sp³-hybridized carbons (Fsp3) is 0. The van der Waals surface area contributed by atoms with Gasteiger partial charge in [-0.25, -0.2) is 0 Å². The van der Waals surface area contributed by atoms with E-state index in [1.807, 2.05) is 11.8 Å². The molecule has 1 aliphatic rings. The highest BCUT2D eigenvalue weighted by molar-refractivity contribution is 7.99. The summed E-state index contributed by atoms with van der Waals surface area (Å²) in [5.74, 6) is 0. The smallest absolute Gasteiger partial charge is 0.0547 e. The first-order valence-corrected chi connectivity index (χ1v) is 18.0. The minimum Gasteiger partial charge on any atom is -0.309 e. The van der Waals surface area contributed by atoms with Crippen LogP contribution in [0.2, 0.25) is 0 Å². The predicted octanol–water partition coefficient (Wildman–Crippen LogP) is 13.7. The maximum absolute atomic E-state index is 2.45. The van der Waals surface area contributed by atoms with E-state index >= 15 is 0 Å². The first-order chi connectivity index (χ1) is 24.8. The number of benzene rings is 9. The van der Waals surface area contributed by atoms with E-state index in [0.717, 1.165) is 5.69 Å². The van der Waals surface area contributed by atoms with Crippen LogP contribution in [0.3, 0.4) is 0 Å². The molecule has 0 radical (unpaired) electrons. The summed E-state index contributed by atoms with van der Waals surface area (Å²) in [5, 5.41) is 10.4. The van der Waals surface area contributed by atoms with E-state index in [0.29, 0.717) is 0 Å². The molecule has 232 valence electrons. The summed E-state index contributed by atoms with van der Waals surface area (Å²) in [7, 11) is 0. The quantitative estimate of drug-likeness (QED) is 0.184. The average Bonchev–Trinajstić information content (AvgIpc) is 3.54. The number of hydrogen-bond acceptors (Lipinski definition) is 1. The Morgan fingerprint density at radius 1 is 0.320 bits per heavy atom. The van der Waals surface area contributed by atoms with Crippen LogP contribution in [0.5, 0.6) is 0 Å². The monoisotopic (exact) mass is 651 g/mol. The highest BCUT2D eigenvalue weighted by Crippen LogP contribution is 2.50. The molecule has 0 unspecified atom stereocenters. The van der Waals surface area contributed by atoms with E-state index in [4.69, 9.17) is 0 Å². The second-order valence-electron chi connectivity index (χ2n) is 13.2. The molecule has 1 aromatic heterocycles. The largest absolute Gasteiger partial charge is 0.309 e. The molecule has 2 heteroatoms. The molecule has 10 aromatic rings. The summed E-state index contributed by atoms with van der Waals surface area (Å²) in [5.41, 5.74) is 11.2. The zero-order valence-corrected chi connectivity index (χ0v) is 27.9. The highest BCUT2D eigenvalue weighted by Gasteiger charge is 2.22. The minimum absolute atomic E-state index is 1.16. The molecule has 0 saturated carbocycles. The summed E-state index contributed by atoms with van der Waals surface area (Å²) >= 11 is 1.88. The lowest BCUT2D eigenvalue weighted by Crippen LogP contribution is -1.95. The maximum atomic E-state index is 2.45. The molecule has 0 saturated heterocycles. The van der Waals surface area contributed by atoms with Crippen molar-refractivity contribution in [3.05, 3.63) is 176 Å². The molecule has 11 rings (SSSR count). The fourth-order valence-electron chi connectivity index (χ4n) is 8.40. The summed E-state index contributed by atoms with van der Waals surface area (Å²) in [6, 6.07) is 64.9. The first kappa shape index (κ1) is 27.8. The van der Waals surface area contributed by atoms with E-state index in [1.54, 1.807) is 0 Å². The molecule has 50 heavy (non-hydrogen) atoms. The van der Waals surface area contributed by atoms with E-state index in [9.17, 15) is 0 Å². The van der Waals surface area contributed by atoms with Gasteiger partial charge in [0, 0.05) is 31.6 Å². The Labute approximate surface area is 294 Å². The molecular weight excluding hydrogens is 623 g/mol. The van der Waals surface area contributed by atoms with Crippen molar-refractivity contribution in [2.45, 2.75) is 9.79 Å². The lowest BCUT2D eigenvalue weighted by Gasteiger charge is -2.22. The van der Waals surface area contributed by atoms with Gasteiger partial charge in [0.25, 0.3) is 0 Å². The Balaban J connectivity index is 1.09. The van der Waals surface area contributed by atoms with Gasteiger partial charge in [0.1, 0.15) is 0 Å². The van der Waals surface area contributed by atoms with Gasteiger partial charge in [-0.15, -0.1) is 0 Å². The van der Waals surface area contributed by atoms with Crippen LogP contribution in [-0.4, -0.2) is 4.57 Å². The minimum atomic E-state index is 1.16. The van der Waals surface area contributed by atoms with Gasteiger partial charge in [0.05, 0.1) is 11.0 Å². The molecule has 1 nitrogen and oxygen atoms in total. The predicted molar refractivity (Wildman–Crippen MR) is 214 cm³/mol. The molecule has 0 atom stereocenters. The van der Waals surface area contributed by atoms with Gasteiger partial charge in [0.15, 0.2) is 0 Å². The van der Waals surface area contributed by atoms with Crippen LogP contribution >= 0.6 is 11.8 Å². The van der Waals surface area contributed by atoms with Crippen molar-refractivity contribution in [1.29, 1.82) is 0 Å². The number of aromatic nitrogens is 1. The average molecular weight is 652 g/mol. The summed E-state index contributed by atoms with van der Waals surface area (Å²) in [6.07, 6.45) is 0. The van der Waals surface area contributed by atoms with Gasteiger partial charge in [-0.2, -0.15) is 0 Å². The number of rotatable bonds is 3. The molecule has 0 aliphatic carbocycles. The summed E-state index contributed by atoms with van der Waals surface area (Å²) in [6.45, 7) is 0. The zero-order valence-electron chi connectivity index (χ0n) is 27.1. The van der Waals surface area contributed by atoms with Crippen LogP contribution in [-0.2, 0) is 0 Å². The van der Waals surface area contributed by atoms with E-state index < -0.39 is 0 Å². The van der Waals surface area contributed by atoms with Gasteiger partial charge >= 0.3 is 0 Å². The molecular formula is C48H29NS. The van der Waals surface area contributed by atoms with E-state index in [1.165, 1.54) is 97.3 Å². The number of nitrogens with zero attached hydrogens (tertiary/aromatic N) is 1.